The van der Waals surface area contributed by atoms with Crippen molar-refractivity contribution in [1.82, 2.24) is 0 Å². The molecule has 1 rings (SSSR count). The van der Waals surface area contributed by atoms with Crippen LogP contribution < -0.4 is 0 Å². The summed E-state index contributed by atoms with van der Waals surface area (Å²) >= 11 is 0. The van der Waals surface area contributed by atoms with Gasteiger partial charge in [0, 0.05) is 6.61 Å². The molecule has 2 nitrogen and oxygen atoms in total. The first-order valence-electron chi connectivity index (χ1n) is 6.63. The van der Waals surface area contributed by atoms with Gasteiger partial charge >= 0.3 is 0 Å². The van der Waals surface area contributed by atoms with Crippen molar-refractivity contribution >= 4 is 0 Å². The first kappa shape index (κ1) is 13.0. The molecular formula is C13H26O2. The highest BCUT2D eigenvalue weighted by Crippen LogP contribution is 2.10. The Morgan fingerprint density at radius 2 is 1.60 bits per heavy atom. The van der Waals surface area contributed by atoms with E-state index in [-0.39, 0.29) is 0 Å². The molecule has 0 bridgehead atoms. The predicted molar refractivity (Wildman–Crippen MR) is 63.2 cm³/mol. The van der Waals surface area contributed by atoms with E-state index in [0.717, 1.165) is 19.8 Å². The van der Waals surface area contributed by atoms with Gasteiger partial charge in [0.05, 0.1) is 13.2 Å². The Morgan fingerprint density at radius 1 is 1.00 bits per heavy atom. The molecule has 15 heavy (non-hydrogen) atoms. The quantitative estimate of drug-likeness (QED) is 0.387. The van der Waals surface area contributed by atoms with Gasteiger partial charge in [-0.15, -0.1) is 0 Å². The maximum Gasteiger partial charge on any atom is 0.104 e. The highest BCUT2D eigenvalue weighted by atomic mass is 16.6. The van der Waals surface area contributed by atoms with Crippen LogP contribution in [0.5, 0.6) is 0 Å². The molecule has 0 aromatic rings. The predicted octanol–water partition coefficient (Wildman–Crippen LogP) is 3.54. The molecule has 0 aliphatic carbocycles. The Labute approximate surface area is 94.3 Å². The topological polar surface area (TPSA) is 21.8 Å². The standard InChI is InChI=1S/C13H26O2/c1-2-3-4-5-6-7-8-9-10-14-11-13-12-15-13/h13H,2-12H2,1H3. The molecule has 2 heteroatoms. The van der Waals surface area contributed by atoms with Gasteiger partial charge < -0.3 is 9.47 Å². The van der Waals surface area contributed by atoms with E-state index in [1.807, 2.05) is 0 Å². The summed E-state index contributed by atoms with van der Waals surface area (Å²) < 4.78 is 10.5. The van der Waals surface area contributed by atoms with Crippen LogP contribution in [0.3, 0.4) is 0 Å². The summed E-state index contributed by atoms with van der Waals surface area (Å²) in [5, 5.41) is 0. The summed E-state index contributed by atoms with van der Waals surface area (Å²) in [4.78, 5) is 0. The van der Waals surface area contributed by atoms with Gasteiger partial charge in [0.15, 0.2) is 0 Å². The van der Waals surface area contributed by atoms with Crippen LogP contribution in [-0.4, -0.2) is 25.9 Å². The Hall–Kier alpha value is -0.0800. The molecule has 1 fully saturated rings. The van der Waals surface area contributed by atoms with E-state index < -0.39 is 0 Å². The van der Waals surface area contributed by atoms with Crippen LogP contribution in [-0.2, 0) is 9.47 Å². The minimum absolute atomic E-state index is 0.430. The molecule has 0 aromatic heterocycles. The number of ether oxygens (including phenoxy) is 2. The lowest BCUT2D eigenvalue weighted by molar-refractivity contribution is 0.113. The van der Waals surface area contributed by atoms with Gasteiger partial charge in [-0.3, -0.25) is 0 Å². The molecular weight excluding hydrogens is 188 g/mol. The van der Waals surface area contributed by atoms with Gasteiger partial charge in [-0.05, 0) is 6.42 Å². The average Bonchev–Trinajstić information content (AvgIpc) is 3.05. The molecule has 0 radical (unpaired) electrons. The third kappa shape index (κ3) is 8.88. The van der Waals surface area contributed by atoms with Crippen molar-refractivity contribution in [2.75, 3.05) is 19.8 Å². The molecule has 1 saturated heterocycles. The second-order valence-corrected chi connectivity index (χ2v) is 4.51. The summed E-state index contributed by atoms with van der Waals surface area (Å²) in [6, 6.07) is 0. The van der Waals surface area contributed by atoms with Crippen LogP contribution in [0.1, 0.15) is 58.3 Å². The van der Waals surface area contributed by atoms with E-state index in [1.165, 1.54) is 51.4 Å². The fourth-order valence-corrected chi connectivity index (χ4v) is 1.72. The van der Waals surface area contributed by atoms with Crippen molar-refractivity contribution in [3.63, 3.8) is 0 Å². The minimum atomic E-state index is 0.430. The van der Waals surface area contributed by atoms with Crippen molar-refractivity contribution in [2.45, 2.75) is 64.4 Å². The average molecular weight is 214 g/mol. The minimum Gasteiger partial charge on any atom is -0.379 e. The molecule has 0 spiro atoms. The van der Waals surface area contributed by atoms with Gasteiger partial charge in [0.1, 0.15) is 6.10 Å². The second-order valence-electron chi connectivity index (χ2n) is 4.51. The highest BCUT2D eigenvalue weighted by Gasteiger charge is 2.21. The molecule has 1 aliphatic rings. The molecule has 1 unspecified atom stereocenters. The van der Waals surface area contributed by atoms with Crippen LogP contribution in [0.2, 0.25) is 0 Å². The van der Waals surface area contributed by atoms with Crippen molar-refractivity contribution in [1.29, 1.82) is 0 Å². The zero-order chi connectivity index (χ0) is 10.8. The maximum atomic E-state index is 5.48. The van der Waals surface area contributed by atoms with E-state index in [0.29, 0.717) is 6.10 Å². The number of rotatable bonds is 11. The summed E-state index contributed by atoms with van der Waals surface area (Å²) in [5.74, 6) is 0. The van der Waals surface area contributed by atoms with E-state index >= 15 is 0 Å². The van der Waals surface area contributed by atoms with Crippen LogP contribution in [0, 0.1) is 0 Å². The van der Waals surface area contributed by atoms with Crippen molar-refractivity contribution in [3.05, 3.63) is 0 Å². The van der Waals surface area contributed by atoms with Crippen LogP contribution >= 0.6 is 0 Å². The van der Waals surface area contributed by atoms with Gasteiger partial charge in [-0.25, -0.2) is 0 Å². The summed E-state index contributed by atoms with van der Waals surface area (Å²) in [7, 11) is 0. The van der Waals surface area contributed by atoms with Crippen LogP contribution in [0.15, 0.2) is 0 Å². The summed E-state index contributed by atoms with van der Waals surface area (Å²) in [5.41, 5.74) is 0. The van der Waals surface area contributed by atoms with Crippen LogP contribution in [0.4, 0.5) is 0 Å². The zero-order valence-corrected chi connectivity index (χ0v) is 10.2. The molecule has 0 saturated carbocycles. The zero-order valence-electron chi connectivity index (χ0n) is 10.2. The Bertz CT molecular complexity index is 132. The molecule has 1 atom stereocenters. The Balaban J connectivity index is 1.62. The largest absolute Gasteiger partial charge is 0.379 e. The first-order valence-corrected chi connectivity index (χ1v) is 6.63. The Morgan fingerprint density at radius 3 is 2.20 bits per heavy atom. The summed E-state index contributed by atoms with van der Waals surface area (Å²) in [6.45, 7) is 4.92. The second kappa shape index (κ2) is 9.17. The lowest BCUT2D eigenvalue weighted by Crippen LogP contribution is -2.02. The van der Waals surface area contributed by atoms with E-state index in [1.54, 1.807) is 0 Å². The van der Waals surface area contributed by atoms with Crippen molar-refractivity contribution in [3.8, 4) is 0 Å². The van der Waals surface area contributed by atoms with E-state index in [2.05, 4.69) is 6.92 Å². The maximum absolute atomic E-state index is 5.48. The molecule has 90 valence electrons. The smallest absolute Gasteiger partial charge is 0.104 e. The lowest BCUT2D eigenvalue weighted by atomic mass is 10.1. The van der Waals surface area contributed by atoms with Gasteiger partial charge in [-0.1, -0.05) is 51.9 Å². The number of unbranched alkanes of at least 4 members (excludes halogenated alkanes) is 7. The normalized spacial score (nSPS) is 19.4. The fourth-order valence-electron chi connectivity index (χ4n) is 1.72. The SMILES string of the molecule is CCCCCCCCCCOCC1CO1. The van der Waals surface area contributed by atoms with Crippen LogP contribution in [0.25, 0.3) is 0 Å². The van der Waals surface area contributed by atoms with Gasteiger partial charge in [0.2, 0.25) is 0 Å². The van der Waals surface area contributed by atoms with E-state index in [4.69, 9.17) is 9.47 Å². The molecule has 1 heterocycles. The van der Waals surface area contributed by atoms with Crippen molar-refractivity contribution < 1.29 is 9.47 Å². The van der Waals surface area contributed by atoms with Gasteiger partial charge in [0.25, 0.3) is 0 Å². The highest BCUT2D eigenvalue weighted by molar-refractivity contribution is 4.66. The summed E-state index contributed by atoms with van der Waals surface area (Å²) in [6.07, 6.45) is 11.4. The lowest BCUT2D eigenvalue weighted by Gasteiger charge is -2.02. The van der Waals surface area contributed by atoms with Gasteiger partial charge in [-0.2, -0.15) is 0 Å². The third-order valence-electron chi connectivity index (χ3n) is 2.85. The Kier molecular flexibility index (Phi) is 7.94. The number of hydrogen-bond acceptors (Lipinski definition) is 2. The van der Waals surface area contributed by atoms with Crippen molar-refractivity contribution in [2.24, 2.45) is 0 Å². The molecule has 0 aromatic carbocycles. The fraction of sp³-hybridized carbons (Fsp3) is 1.00. The first-order chi connectivity index (χ1) is 7.43. The molecule has 0 N–H and O–H groups in total. The molecule has 0 amide bonds. The van der Waals surface area contributed by atoms with E-state index in [9.17, 15) is 0 Å². The number of epoxide rings is 1. The number of hydrogen-bond donors (Lipinski definition) is 0. The molecule has 1 aliphatic heterocycles. The third-order valence-corrected chi connectivity index (χ3v) is 2.85. The monoisotopic (exact) mass is 214 g/mol.